The SMILES string of the molecule is COc1cc2c(c3oc(=O)c(CCC(=O)NC(C)(CO)CO)c(C)c13)CCC(C)(C)O2. The van der Waals surface area contributed by atoms with E-state index in [1.54, 1.807) is 7.11 Å². The van der Waals surface area contributed by atoms with Crippen molar-refractivity contribution in [3.63, 3.8) is 0 Å². The molecule has 170 valence electrons. The summed E-state index contributed by atoms with van der Waals surface area (Å²) in [6, 6.07) is 1.83. The highest BCUT2D eigenvalue weighted by atomic mass is 16.5. The number of nitrogens with one attached hydrogen (secondary N) is 1. The molecular weight excluding hydrogens is 402 g/mol. The second kappa shape index (κ2) is 8.51. The number of aryl methyl sites for hydroxylation is 2. The van der Waals surface area contributed by atoms with Crippen LogP contribution in [0.25, 0.3) is 11.0 Å². The van der Waals surface area contributed by atoms with E-state index in [0.29, 0.717) is 40.0 Å². The van der Waals surface area contributed by atoms with Crippen molar-refractivity contribution in [3.05, 3.63) is 33.2 Å². The second-order valence-electron chi connectivity index (χ2n) is 9.04. The van der Waals surface area contributed by atoms with Gasteiger partial charge in [0.25, 0.3) is 0 Å². The van der Waals surface area contributed by atoms with E-state index >= 15 is 0 Å². The number of hydrogen-bond donors (Lipinski definition) is 3. The number of ether oxygens (including phenoxy) is 2. The van der Waals surface area contributed by atoms with Crippen LogP contribution in [-0.4, -0.2) is 47.6 Å². The topological polar surface area (TPSA) is 118 Å². The molecular formula is C23H31NO7. The van der Waals surface area contributed by atoms with Gasteiger partial charge in [0.2, 0.25) is 5.91 Å². The first-order valence-electron chi connectivity index (χ1n) is 10.4. The maximum absolute atomic E-state index is 12.8. The molecule has 0 aliphatic carbocycles. The number of hydrogen-bond acceptors (Lipinski definition) is 7. The summed E-state index contributed by atoms with van der Waals surface area (Å²) in [5.41, 5.74) is 0.491. The maximum Gasteiger partial charge on any atom is 0.339 e. The molecule has 0 fully saturated rings. The number of amides is 1. The van der Waals surface area contributed by atoms with E-state index in [-0.39, 0.29) is 24.3 Å². The van der Waals surface area contributed by atoms with Gasteiger partial charge in [0.1, 0.15) is 22.7 Å². The summed E-state index contributed by atoms with van der Waals surface area (Å²) in [6.07, 6.45) is 1.68. The molecule has 1 aromatic carbocycles. The second-order valence-corrected chi connectivity index (χ2v) is 9.04. The lowest BCUT2D eigenvalue weighted by Crippen LogP contribution is -2.51. The molecule has 3 rings (SSSR count). The Kier molecular flexibility index (Phi) is 6.34. The van der Waals surface area contributed by atoms with Crippen LogP contribution >= 0.6 is 0 Å². The molecule has 2 aromatic rings. The average molecular weight is 434 g/mol. The van der Waals surface area contributed by atoms with Crippen LogP contribution in [0.4, 0.5) is 0 Å². The number of benzene rings is 1. The lowest BCUT2D eigenvalue weighted by molar-refractivity contribution is -0.124. The van der Waals surface area contributed by atoms with Crippen molar-refractivity contribution in [1.82, 2.24) is 5.32 Å². The fraction of sp³-hybridized carbons (Fsp3) is 0.565. The summed E-state index contributed by atoms with van der Waals surface area (Å²) in [4.78, 5) is 25.1. The zero-order chi connectivity index (χ0) is 23.0. The Morgan fingerprint density at radius 2 is 2.00 bits per heavy atom. The molecule has 0 atom stereocenters. The smallest absolute Gasteiger partial charge is 0.339 e. The van der Waals surface area contributed by atoms with Crippen LogP contribution in [0.1, 0.15) is 50.3 Å². The summed E-state index contributed by atoms with van der Waals surface area (Å²) in [5, 5.41) is 22.0. The van der Waals surface area contributed by atoms with Crippen molar-refractivity contribution in [2.45, 2.75) is 64.5 Å². The van der Waals surface area contributed by atoms with E-state index in [9.17, 15) is 19.8 Å². The third-order valence-corrected chi connectivity index (χ3v) is 5.90. The molecule has 2 heterocycles. The van der Waals surface area contributed by atoms with E-state index in [1.165, 1.54) is 6.92 Å². The minimum Gasteiger partial charge on any atom is -0.496 e. The number of aliphatic hydroxyl groups is 2. The maximum atomic E-state index is 12.8. The van der Waals surface area contributed by atoms with Crippen LogP contribution < -0.4 is 20.4 Å². The van der Waals surface area contributed by atoms with Gasteiger partial charge in [-0.25, -0.2) is 4.79 Å². The molecule has 0 saturated carbocycles. The molecule has 8 heteroatoms. The summed E-state index contributed by atoms with van der Waals surface area (Å²) < 4.78 is 17.4. The predicted molar refractivity (Wildman–Crippen MR) is 116 cm³/mol. The third-order valence-electron chi connectivity index (χ3n) is 5.90. The molecule has 0 saturated heterocycles. The standard InChI is InChI=1S/C23H31NO7/c1-13-14(6-7-18(27)24-23(4,11-25)12-26)21(28)30-20-15-8-9-22(2,3)31-16(15)10-17(29-5)19(13)20/h10,25-26H,6-9,11-12H2,1-5H3,(H,24,27). The van der Waals surface area contributed by atoms with Crippen LogP contribution in [0.5, 0.6) is 11.5 Å². The number of methoxy groups -OCH3 is 1. The van der Waals surface area contributed by atoms with Gasteiger partial charge < -0.3 is 29.4 Å². The average Bonchev–Trinajstić information content (AvgIpc) is 2.71. The van der Waals surface area contributed by atoms with Crippen molar-refractivity contribution in [1.29, 1.82) is 0 Å². The Balaban J connectivity index is 1.98. The van der Waals surface area contributed by atoms with E-state index in [0.717, 1.165) is 12.0 Å². The molecule has 1 aliphatic heterocycles. The molecule has 0 bridgehead atoms. The predicted octanol–water partition coefficient (Wildman–Crippen LogP) is 2.01. The van der Waals surface area contributed by atoms with Crippen LogP contribution in [0.2, 0.25) is 0 Å². The van der Waals surface area contributed by atoms with Gasteiger partial charge in [-0.05, 0) is 52.5 Å². The molecule has 8 nitrogen and oxygen atoms in total. The Morgan fingerprint density at radius 3 is 2.61 bits per heavy atom. The van der Waals surface area contributed by atoms with Crippen molar-refractivity contribution < 1.29 is 28.9 Å². The Labute approximate surface area is 181 Å². The molecule has 0 radical (unpaired) electrons. The first-order chi connectivity index (χ1) is 14.5. The number of fused-ring (bicyclic) bond motifs is 3. The third kappa shape index (κ3) is 4.55. The van der Waals surface area contributed by atoms with Crippen molar-refractivity contribution in [2.75, 3.05) is 20.3 Å². The van der Waals surface area contributed by atoms with Gasteiger partial charge in [0.15, 0.2) is 0 Å². The van der Waals surface area contributed by atoms with E-state index in [2.05, 4.69) is 5.32 Å². The highest BCUT2D eigenvalue weighted by Crippen LogP contribution is 2.43. The molecule has 0 unspecified atom stereocenters. The summed E-state index contributed by atoms with van der Waals surface area (Å²) in [6.45, 7) is 6.60. The summed E-state index contributed by atoms with van der Waals surface area (Å²) in [7, 11) is 1.55. The first-order valence-corrected chi connectivity index (χ1v) is 10.4. The highest BCUT2D eigenvalue weighted by molar-refractivity contribution is 5.92. The van der Waals surface area contributed by atoms with Gasteiger partial charge in [-0.2, -0.15) is 0 Å². The van der Waals surface area contributed by atoms with Gasteiger partial charge in [-0.3, -0.25) is 4.79 Å². The summed E-state index contributed by atoms with van der Waals surface area (Å²) in [5.74, 6) is 0.826. The minimum absolute atomic E-state index is 0.0112. The van der Waals surface area contributed by atoms with E-state index < -0.39 is 24.4 Å². The van der Waals surface area contributed by atoms with Crippen LogP contribution in [0, 0.1) is 6.92 Å². The molecule has 1 aromatic heterocycles. The van der Waals surface area contributed by atoms with Gasteiger partial charge in [0, 0.05) is 23.6 Å². The molecule has 1 amide bonds. The largest absolute Gasteiger partial charge is 0.496 e. The quantitative estimate of drug-likeness (QED) is 0.572. The molecule has 0 spiro atoms. The lowest BCUT2D eigenvalue weighted by Gasteiger charge is -2.33. The molecule has 1 aliphatic rings. The van der Waals surface area contributed by atoms with E-state index in [1.807, 2.05) is 26.8 Å². The van der Waals surface area contributed by atoms with Crippen molar-refractivity contribution in [3.8, 4) is 11.5 Å². The van der Waals surface area contributed by atoms with Crippen molar-refractivity contribution >= 4 is 16.9 Å². The number of carbonyl (C=O) groups is 1. The van der Waals surface area contributed by atoms with Crippen molar-refractivity contribution in [2.24, 2.45) is 0 Å². The number of aliphatic hydroxyl groups excluding tert-OH is 2. The summed E-state index contributed by atoms with van der Waals surface area (Å²) >= 11 is 0. The number of rotatable bonds is 7. The first kappa shape index (κ1) is 23.1. The lowest BCUT2D eigenvalue weighted by atomic mass is 9.91. The van der Waals surface area contributed by atoms with Gasteiger partial charge >= 0.3 is 5.63 Å². The minimum atomic E-state index is -1.11. The zero-order valence-electron chi connectivity index (χ0n) is 18.8. The zero-order valence-corrected chi connectivity index (χ0v) is 18.8. The van der Waals surface area contributed by atoms with Gasteiger partial charge in [-0.1, -0.05) is 0 Å². The van der Waals surface area contributed by atoms with Crippen LogP contribution in [-0.2, 0) is 17.6 Å². The normalized spacial score (nSPS) is 15.3. The molecule has 31 heavy (non-hydrogen) atoms. The Bertz CT molecular complexity index is 1050. The Morgan fingerprint density at radius 1 is 1.32 bits per heavy atom. The monoisotopic (exact) mass is 433 g/mol. The number of carbonyl (C=O) groups excluding carboxylic acids is 1. The van der Waals surface area contributed by atoms with Gasteiger partial charge in [0.05, 0.1) is 31.2 Å². The van der Waals surface area contributed by atoms with Crippen LogP contribution in [0.3, 0.4) is 0 Å². The molecule has 3 N–H and O–H groups in total. The fourth-order valence-electron chi connectivity index (χ4n) is 3.90. The van der Waals surface area contributed by atoms with Crippen LogP contribution in [0.15, 0.2) is 15.3 Å². The highest BCUT2D eigenvalue weighted by Gasteiger charge is 2.31. The van der Waals surface area contributed by atoms with E-state index in [4.69, 9.17) is 13.9 Å². The Hall–Kier alpha value is -2.58. The van der Waals surface area contributed by atoms with Gasteiger partial charge in [-0.15, -0.1) is 0 Å². The fourth-order valence-corrected chi connectivity index (χ4v) is 3.90.